The first kappa shape index (κ1) is 16.9. The van der Waals surface area contributed by atoms with Gasteiger partial charge < -0.3 is 4.74 Å². The van der Waals surface area contributed by atoms with Crippen molar-refractivity contribution < 1.29 is 9.53 Å². The first-order valence-electron chi connectivity index (χ1n) is 8.39. The Morgan fingerprint density at radius 2 is 1.96 bits per heavy atom. The van der Waals surface area contributed by atoms with Crippen LogP contribution in [0.25, 0.3) is 16.7 Å². The van der Waals surface area contributed by atoms with Crippen molar-refractivity contribution in [3.05, 3.63) is 69.5 Å². The minimum absolute atomic E-state index is 0.0743. The number of esters is 1. The molecule has 0 atom stereocenters. The summed E-state index contributed by atoms with van der Waals surface area (Å²) in [5.41, 5.74) is 2.68. The van der Waals surface area contributed by atoms with Crippen LogP contribution in [0.1, 0.15) is 27.4 Å². The number of aromatic nitrogens is 5. The van der Waals surface area contributed by atoms with Crippen LogP contribution in [0.5, 0.6) is 0 Å². The Bertz CT molecular complexity index is 1240. The van der Waals surface area contributed by atoms with Gasteiger partial charge in [-0.25, -0.2) is 4.79 Å². The molecule has 0 amide bonds. The standard InChI is InChI=1S/C19H17N5O3/c1-11-4-7-15-14(8-11)17(25)23(3)19-22-21-16(24(15)19)10-27-18(26)13-6-5-12(2)20-9-13/h4-9H,10H2,1-3H3. The lowest BCUT2D eigenvalue weighted by molar-refractivity contribution is 0.0461. The molecule has 0 N–H and O–H groups in total. The molecular formula is C19H17N5O3. The molecule has 8 heteroatoms. The summed E-state index contributed by atoms with van der Waals surface area (Å²) in [5.74, 6) is 0.325. The van der Waals surface area contributed by atoms with Gasteiger partial charge in [-0.2, -0.15) is 0 Å². The molecule has 0 aliphatic heterocycles. The predicted molar refractivity (Wildman–Crippen MR) is 98.6 cm³/mol. The Morgan fingerprint density at radius 3 is 2.70 bits per heavy atom. The molecule has 4 rings (SSSR count). The molecule has 0 radical (unpaired) electrons. The zero-order valence-electron chi connectivity index (χ0n) is 15.1. The van der Waals surface area contributed by atoms with E-state index in [0.29, 0.717) is 28.1 Å². The quantitative estimate of drug-likeness (QED) is 0.517. The highest BCUT2D eigenvalue weighted by atomic mass is 16.5. The molecule has 0 bridgehead atoms. The Hall–Kier alpha value is -3.55. The minimum atomic E-state index is -0.496. The zero-order valence-corrected chi connectivity index (χ0v) is 15.1. The van der Waals surface area contributed by atoms with Gasteiger partial charge in [0.1, 0.15) is 0 Å². The SMILES string of the molecule is Cc1ccc2c(c1)c(=O)n(C)c1nnc(COC(=O)c3ccc(C)nc3)n21. The molecule has 4 aromatic rings. The largest absolute Gasteiger partial charge is 0.454 e. The maximum Gasteiger partial charge on any atom is 0.340 e. The molecule has 0 saturated heterocycles. The van der Waals surface area contributed by atoms with Gasteiger partial charge in [0.05, 0.1) is 16.5 Å². The third kappa shape index (κ3) is 2.84. The van der Waals surface area contributed by atoms with Gasteiger partial charge in [0.25, 0.3) is 5.56 Å². The predicted octanol–water partition coefficient (Wildman–Crippen LogP) is 1.95. The highest BCUT2D eigenvalue weighted by Crippen LogP contribution is 2.16. The van der Waals surface area contributed by atoms with Crippen molar-refractivity contribution in [2.24, 2.45) is 7.05 Å². The third-order valence-corrected chi connectivity index (χ3v) is 4.42. The second-order valence-electron chi connectivity index (χ2n) is 6.40. The average molecular weight is 363 g/mol. The van der Waals surface area contributed by atoms with E-state index in [4.69, 9.17) is 4.74 Å². The fourth-order valence-corrected chi connectivity index (χ4v) is 2.95. The number of aryl methyl sites for hydroxylation is 3. The van der Waals surface area contributed by atoms with Crippen molar-refractivity contribution >= 4 is 22.6 Å². The third-order valence-electron chi connectivity index (χ3n) is 4.42. The van der Waals surface area contributed by atoms with E-state index in [9.17, 15) is 9.59 Å². The summed E-state index contributed by atoms with van der Waals surface area (Å²) in [6.07, 6.45) is 1.47. The van der Waals surface area contributed by atoms with Crippen LogP contribution in [0.15, 0.2) is 41.3 Å². The van der Waals surface area contributed by atoms with Crippen molar-refractivity contribution in [1.82, 2.24) is 24.1 Å². The van der Waals surface area contributed by atoms with Crippen molar-refractivity contribution in [2.75, 3.05) is 0 Å². The lowest BCUT2D eigenvalue weighted by Crippen LogP contribution is -2.20. The van der Waals surface area contributed by atoms with Crippen LogP contribution >= 0.6 is 0 Å². The van der Waals surface area contributed by atoms with Gasteiger partial charge in [-0.05, 0) is 38.1 Å². The molecule has 27 heavy (non-hydrogen) atoms. The molecule has 3 aromatic heterocycles. The van der Waals surface area contributed by atoms with E-state index in [0.717, 1.165) is 11.3 Å². The summed E-state index contributed by atoms with van der Waals surface area (Å²) in [5, 5.41) is 8.75. The van der Waals surface area contributed by atoms with Gasteiger partial charge in [-0.3, -0.25) is 18.7 Å². The lowest BCUT2D eigenvalue weighted by Gasteiger charge is -2.09. The first-order valence-corrected chi connectivity index (χ1v) is 8.39. The molecule has 0 aliphatic rings. The van der Waals surface area contributed by atoms with Crippen molar-refractivity contribution in [3.63, 3.8) is 0 Å². The number of ether oxygens (including phenoxy) is 1. The molecular weight excluding hydrogens is 346 g/mol. The first-order chi connectivity index (χ1) is 13.0. The number of carbonyl (C=O) groups is 1. The topological polar surface area (TPSA) is 91.4 Å². The number of pyridine rings is 1. The van der Waals surface area contributed by atoms with Crippen LogP contribution in [0, 0.1) is 13.8 Å². The fourth-order valence-electron chi connectivity index (χ4n) is 2.95. The smallest absolute Gasteiger partial charge is 0.340 e. The number of benzene rings is 1. The van der Waals surface area contributed by atoms with Gasteiger partial charge in [0, 0.05) is 18.9 Å². The number of hydrogen-bond acceptors (Lipinski definition) is 6. The van der Waals surface area contributed by atoms with Gasteiger partial charge in [0.15, 0.2) is 12.4 Å². The van der Waals surface area contributed by atoms with E-state index in [1.807, 2.05) is 32.0 Å². The summed E-state index contributed by atoms with van der Waals surface area (Å²) in [4.78, 5) is 28.9. The summed E-state index contributed by atoms with van der Waals surface area (Å²) in [6.45, 7) is 3.69. The monoisotopic (exact) mass is 363 g/mol. The van der Waals surface area contributed by atoms with Crippen molar-refractivity contribution in [2.45, 2.75) is 20.5 Å². The normalized spacial score (nSPS) is 11.2. The number of fused-ring (bicyclic) bond motifs is 3. The van der Waals surface area contributed by atoms with E-state index in [-0.39, 0.29) is 12.2 Å². The maximum absolute atomic E-state index is 12.6. The molecule has 136 valence electrons. The van der Waals surface area contributed by atoms with E-state index in [1.165, 1.54) is 10.8 Å². The van der Waals surface area contributed by atoms with Crippen LogP contribution in [0.3, 0.4) is 0 Å². The van der Waals surface area contributed by atoms with Crippen molar-refractivity contribution in [3.8, 4) is 0 Å². The molecule has 0 spiro atoms. The van der Waals surface area contributed by atoms with Crippen LogP contribution in [0.2, 0.25) is 0 Å². The number of rotatable bonds is 3. The average Bonchev–Trinajstić information content (AvgIpc) is 3.09. The van der Waals surface area contributed by atoms with Gasteiger partial charge >= 0.3 is 5.97 Å². The van der Waals surface area contributed by atoms with Crippen molar-refractivity contribution in [1.29, 1.82) is 0 Å². The molecule has 1 aromatic carbocycles. The molecule has 0 aliphatic carbocycles. The number of carbonyl (C=O) groups excluding carboxylic acids is 1. The fraction of sp³-hybridized carbons (Fsp3) is 0.211. The molecule has 0 saturated carbocycles. The van der Waals surface area contributed by atoms with E-state index < -0.39 is 5.97 Å². The molecule has 0 unspecified atom stereocenters. The Morgan fingerprint density at radius 1 is 1.15 bits per heavy atom. The zero-order chi connectivity index (χ0) is 19.1. The molecule has 3 heterocycles. The summed E-state index contributed by atoms with van der Waals surface area (Å²) in [7, 11) is 1.64. The minimum Gasteiger partial charge on any atom is -0.454 e. The lowest BCUT2D eigenvalue weighted by atomic mass is 10.1. The van der Waals surface area contributed by atoms with E-state index in [2.05, 4.69) is 15.2 Å². The highest BCUT2D eigenvalue weighted by molar-refractivity contribution is 5.89. The van der Waals surface area contributed by atoms with Gasteiger partial charge in [0.2, 0.25) is 5.78 Å². The number of nitrogens with zero attached hydrogens (tertiary/aromatic N) is 5. The van der Waals surface area contributed by atoms with Crippen LogP contribution in [-0.4, -0.2) is 30.1 Å². The van der Waals surface area contributed by atoms with Gasteiger partial charge in [-0.15, -0.1) is 10.2 Å². The molecule has 0 fully saturated rings. The number of hydrogen-bond donors (Lipinski definition) is 0. The van der Waals surface area contributed by atoms with E-state index in [1.54, 1.807) is 23.6 Å². The summed E-state index contributed by atoms with van der Waals surface area (Å²) >= 11 is 0. The molecule has 8 nitrogen and oxygen atoms in total. The second-order valence-corrected chi connectivity index (χ2v) is 6.40. The van der Waals surface area contributed by atoms with Gasteiger partial charge in [-0.1, -0.05) is 11.6 Å². The second kappa shape index (κ2) is 6.31. The van der Waals surface area contributed by atoms with E-state index >= 15 is 0 Å². The summed E-state index contributed by atoms with van der Waals surface area (Å²) < 4.78 is 8.54. The Kier molecular flexibility index (Phi) is 3.95. The van der Waals surface area contributed by atoms with Crippen LogP contribution in [0.4, 0.5) is 0 Å². The Labute approximate surface area is 154 Å². The highest BCUT2D eigenvalue weighted by Gasteiger charge is 2.16. The maximum atomic E-state index is 12.6. The van der Waals surface area contributed by atoms with Crippen LogP contribution < -0.4 is 5.56 Å². The summed E-state index contributed by atoms with van der Waals surface area (Å²) in [6, 6.07) is 8.99. The van der Waals surface area contributed by atoms with Crippen LogP contribution in [-0.2, 0) is 18.4 Å². The Balaban J connectivity index is 1.74.